The van der Waals surface area contributed by atoms with Crippen molar-refractivity contribution in [3.63, 3.8) is 0 Å². The molecule has 1 amide bonds. The van der Waals surface area contributed by atoms with Gasteiger partial charge in [-0.1, -0.05) is 12.1 Å². The molecule has 0 aliphatic heterocycles. The second-order valence-electron chi connectivity index (χ2n) is 5.82. The van der Waals surface area contributed by atoms with Crippen molar-refractivity contribution in [2.75, 3.05) is 19.9 Å². The number of carboxylic acid groups (broad SMARTS) is 1. The van der Waals surface area contributed by atoms with Crippen molar-refractivity contribution in [3.8, 4) is 5.75 Å². The number of carbonyl (C=O) groups excluding carboxylic acids is 1. The van der Waals surface area contributed by atoms with Crippen LogP contribution in [0.2, 0.25) is 0 Å². The lowest BCUT2D eigenvalue weighted by atomic mass is 10.2. The first-order valence-corrected chi connectivity index (χ1v) is 9.65. The van der Waals surface area contributed by atoms with E-state index >= 15 is 0 Å². The van der Waals surface area contributed by atoms with Crippen LogP contribution in [0.1, 0.15) is 21.9 Å². The van der Waals surface area contributed by atoms with Gasteiger partial charge in [-0.05, 0) is 29.8 Å². The smallest absolute Gasteiger partial charge is 0.341 e. The van der Waals surface area contributed by atoms with Gasteiger partial charge in [0.15, 0.2) is 22.2 Å². The molecule has 0 atom stereocenters. The molecule has 0 saturated heterocycles. The molecule has 26 heavy (non-hydrogen) atoms. The molecular formula is C17H19NO7S. The summed E-state index contributed by atoms with van der Waals surface area (Å²) in [5.41, 5.74) is 0.812. The van der Waals surface area contributed by atoms with Crippen molar-refractivity contribution in [1.82, 2.24) is 4.90 Å². The Morgan fingerprint density at radius 1 is 1.15 bits per heavy atom. The van der Waals surface area contributed by atoms with Crippen LogP contribution in [0, 0.1) is 0 Å². The molecule has 2 rings (SSSR count). The summed E-state index contributed by atoms with van der Waals surface area (Å²) in [6, 6.07) is 9.59. The Kier molecular flexibility index (Phi) is 6.04. The van der Waals surface area contributed by atoms with Gasteiger partial charge in [0, 0.05) is 19.8 Å². The van der Waals surface area contributed by atoms with Gasteiger partial charge in [-0.25, -0.2) is 13.2 Å². The van der Waals surface area contributed by atoms with E-state index in [2.05, 4.69) is 0 Å². The zero-order valence-electron chi connectivity index (χ0n) is 14.3. The van der Waals surface area contributed by atoms with Gasteiger partial charge in [0.05, 0.1) is 0 Å². The van der Waals surface area contributed by atoms with Crippen LogP contribution in [-0.4, -0.2) is 50.2 Å². The molecule has 2 aromatic rings. The summed E-state index contributed by atoms with van der Waals surface area (Å²) >= 11 is 0. The number of carbonyl (C=O) groups is 2. The highest BCUT2D eigenvalue weighted by Gasteiger charge is 2.18. The lowest BCUT2D eigenvalue weighted by molar-refractivity contribution is -0.139. The predicted octanol–water partition coefficient (Wildman–Crippen LogP) is 1.56. The van der Waals surface area contributed by atoms with Gasteiger partial charge < -0.3 is 19.2 Å². The molecule has 9 heteroatoms. The lowest BCUT2D eigenvalue weighted by Crippen LogP contribution is -2.25. The quantitative estimate of drug-likeness (QED) is 0.738. The normalized spacial score (nSPS) is 11.2. The second kappa shape index (κ2) is 8.05. The van der Waals surface area contributed by atoms with Crippen LogP contribution in [0.4, 0.5) is 0 Å². The minimum Gasteiger partial charge on any atom is -0.482 e. The van der Waals surface area contributed by atoms with Crippen molar-refractivity contribution >= 4 is 21.7 Å². The fourth-order valence-electron chi connectivity index (χ4n) is 2.20. The molecule has 0 unspecified atom stereocenters. The van der Waals surface area contributed by atoms with Crippen LogP contribution < -0.4 is 4.74 Å². The lowest BCUT2D eigenvalue weighted by Gasteiger charge is -2.16. The highest BCUT2D eigenvalue weighted by Crippen LogP contribution is 2.16. The first-order chi connectivity index (χ1) is 12.1. The highest BCUT2D eigenvalue weighted by atomic mass is 32.2. The summed E-state index contributed by atoms with van der Waals surface area (Å²) in [5, 5.41) is 8.57. The maximum atomic E-state index is 12.4. The number of sulfone groups is 1. The molecule has 8 nitrogen and oxygen atoms in total. The average Bonchev–Trinajstić information content (AvgIpc) is 2.99. The van der Waals surface area contributed by atoms with Crippen LogP contribution in [0.25, 0.3) is 0 Å². The molecule has 0 aliphatic rings. The molecular weight excluding hydrogens is 362 g/mol. The Morgan fingerprint density at radius 3 is 2.38 bits per heavy atom. The summed E-state index contributed by atoms with van der Waals surface area (Å²) in [4.78, 5) is 24.3. The Bertz CT molecular complexity index is 884. The fourth-order valence-corrected chi connectivity index (χ4v) is 2.87. The van der Waals surface area contributed by atoms with Crippen LogP contribution in [0.3, 0.4) is 0 Å². The maximum Gasteiger partial charge on any atom is 0.341 e. The third-order valence-corrected chi connectivity index (χ3v) is 4.14. The zero-order chi connectivity index (χ0) is 19.3. The van der Waals surface area contributed by atoms with E-state index in [1.807, 2.05) is 0 Å². The molecule has 0 bridgehead atoms. The number of hydrogen-bond acceptors (Lipinski definition) is 6. The number of nitrogens with zero attached hydrogens (tertiary/aromatic N) is 1. The summed E-state index contributed by atoms with van der Waals surface area (Å²) in [5.74, 6) is -1.01. The highest BCUT2D eigenvalue weighted by molar-refractivity contribution is 7.89. The molecule has 0 aliphatic carbocycles. The summed E-state index contributed by atoms with van der Waals surface area (Å²) < 4.78 is 32.9. The third-order valence-electron chi connectivity index (χ3n) is 3.33. The van der Waals surface area contributed by atoms with Gasteiger partial charge in [0.1, 0.15) is 17.3 Å². The Morgan fingerprint density at radius 2 is 1.81 bits per heavy atom. The van der Waals surface area contributed by atoms with Gasteiger partial charge in [-0.2, -0.15) is 0 Å². The zero-order valence-corrected chi connectivity index (χ0v) is 15.2. The van der Waals surface area contributed by atoms with Gasteiger partial charge in [-0.3, -0.25) is 4.79 Å². The molecule has 0 radical (unpaired) electrons. The number of rotatable bonds is 8. The Labute approximate surface area is 150 Å². The summed E-state index contributed by atoms with van der Waals surface area (Å²) in [7, 11) is -1.65. The van der Waals surface area contributed by atoms with E-state index in [4.69, 9.17) is 14.3 Å². The number of benzene rings is 1. The van der Waals surface area contributed by atoms with E-state index < -0.39 is 22.4 Å². The topological polar surface area (TPSA) is 114 Å². The SMILES string of the molecule is CN(Cc1ccc(OCC(=O)O)cc1)C(=O)c1ccc(CS(C)(=O)=O)o1. The van der Waals surface area contributed by atoms with E-state index in [9.17, 15) is 18.0 Å². The number of amides is 1. The molecule has 1 N–H and O–H groups in total. The van der Waals surface area contributed by atoms with Crippen molar-refractivity contribution in [3.05, 3.63) is 53.5 Å². The third kappa shape index (κ3) is 5.92. The Balaban J connectivity index is 1.97. The first-order valence-electron chi connectivity index (χ1n) is 7.59. The van der Waals surface area contributed by atoms with Crippen molar-refractivity contribution in [1.29, 1.82) is 0 Å². The summed E-state index contributed by atoms with van der Waals surface area (Å²) in [6.45, 7) is -0.133. The molecule has 1 aromatic carbocycles. The van der Waals surface area contributed by atoms with Crippen LogP contribution in [0.5, 0.6) is 5.75 Å². The van der Waals surface area contributed by atoms with Crippen molar-refractivity contribution < 1.29 is 32.3 Å². The largest absolute Gasteiger partial charge is 0.482 e. The van der Waals surface area contributed by atoms with Crippen LogP contribution >= 0.6 is 0 Å². The van der Waals surface area contributed by atoms with E-state index in [-0.39, 0.29) is 23.2 Å². The molecule has 140 valence electrons. The van der Waals surface area contributed by atoms with Crippen LogP contribution in [-0.2, 0) is 26.9 Å². The molecule has 0 saturated carbocycles. The number of ether oxygens (including phenoxy) is 1. The van der Waals surface area contributed by atoms with E-state index in [0.29, 0.717) is 12.3 Å². The number of hydrogen-bond donors (Lipinski definition) is 1. The van der Waals surface area contributed by atoms with E-state index in [1.165, 1.54) is 17.0 Å². The van der Waals surface area contributed by atoms with Crippen molar-refractivity contribution in [2.24, 2.45) is 0 Å². The monoisotopic (exact) mass is 381 g/mol. The average molecular weight is 381 g/mol. The number of carboxylic acids is 1. The molecule has 0 spiro atoms. The standard InChI is InChI=1S/C17H19NO7S/c1-18(9-12-3-5-13(6-4-12)24-10-16(19)20)17(21)15-8-7-14(25-15)11-26(2,22)23/h3-8H,9-11H2,1-2H3,(H,19,20). The van der Waals surface area contributed by atoms with Gasteiger partial charge in [0.2, 0.25) is 0 Å². The molecule has 1 heterocycles. The second-order valence-corrected chi connectivity index (χ2v) is 7.96. The molecule has 1 aromatic heterocycles. The molecule has 0 fully saturated rings. The van der Waals surface area contributed by atoms with Gasteiger partial charge in [-0.15, -0.1) is 0 Å². The number of furan rings is 1. The fraction of sp³-hybridized carbons (Fsp3) is 0.294. The number of aliphatic carboxylic acids is 1. The minimum atomic E-state index is -3.24. The van der Waals surface area contributed by atoms with Gasteiger partial charge in [0.25, 0.3) is 5.91 Å². The van der Waals surface area contributed by atoms with E-state index in [1.54, 1.807) is 31.3 Å². The Hall–Kier alpha value is -2.81. The minimum absolute atomic E-state index is 0.0626. The predicted molar refractivity (Wildman–Crippen MR) is 92.6 cm³/mol. The maximum absolute atomic E-state index is 12.4. The van der Waals surface area contributed by atoms with E-state index in [0.717, 1.165) is 11.8 Å². The van der Waals surface area contributed by atoms with Crippen molar-refractivity contribution in [2.45, 2.75) is 12.3 Å². The first kappa shape index (κ1) is 19.5. The summed E-state index contributed by atoms with van der Waals surface area (Å²) in [6.07, 6.45) is 1.09. The van der Waals surface area contributed by atoms with Gasteiger partial charge >= 0.3 is 5.97 Å². The van der Waals surface area contributed by atoms with Crippen LogP contribution in [0.15, 0.2) is 40.8 Å².